The normalized spacial score (nSPS) is 11.6. The summed E-state index contributed by atoms with van der Waals surface area (Å²) in [5.74, 6) is -0.259. The number of rotatable bonds is 7. The Morgan fingerprint density at radius 2 is 2.21 bits per heavy atom. The van der Waals surface area contributed by atoms with Gasteiger partial charge in [-0.2, -0.15) is 5.10 Å². The van der Waals surface area contributed by atoms with Crippen molar-refractivity contribution in [3.05, 3.63) is 11.4 Å². The average Bonchev–Trinajstić information content (AvgIpc) is 2.75. The fraction of sp³-hybridized carbons (Fsp3) is 0.692. The number of aromatic amines is 1. The number of carbonyl (C=O) groups excluding carboxylic acids is 1. The highest BCUT2D eigenvalue weighted by molar-refractivity contribution is 5.97. The third-order valence-electron chi connectivity index (χ3n) is 3.19. The molecule has 0 radical (unpaired) electrons. The number of anilines is 1. The number of nitrogens with zero attached hydrogens (tertiary/aromatic N) is 1. The van der Waals surface area contributed by atoms with Crippen LogP contribution in [0.15, 0.2) is 0 Å². The predicted octanol–water partition coefficient (Wildman–Crippen LogP) is 1.08. The van der Waals surface area contributed by atoms with E-state index in [0.717, 1.165) is 18.5 Å². The monoisotopic (exact) mass is 268 g/mol. The van der Waals surface area contributed by atoms with Crippen LogP contribution in [0.2, 0.25) is 0 Å². The fourth-order valence-electron chi connectivity index (χ4n) is 1.88. The van der Waals surface area contributed by atoms with Gasteiger partial charge in [-0.05, 0) is 24.7 Å². The van der Waals surface area contributed by atoms with E-state index in [4.69, 9.17) is 10.8 Å². The molecular formula is C13H24N4O2. The highest BCUT2D eigenvalue weighted by Crippen LogP contribution is 2.21. The van der Waals surface area contributed by atoms with Crippen LogP contribution in [0.5, 0.6) is 0 Å². The van der Waals surface area contributed by atoms with E-state index in [2.05, 4.69) is 15.5 Å². The number of aliphatic hydroxyl groups excluding tert-OH is 1. The lowest BCUT2D eigenvalue weighted by Crippen LogP contribution is -2.34. The molecular weight excluding hydrogens is 244 g/mol. The van der Waals surface area contributed by atoms with Crippen LogP contribution in [0.3, 0.4) is 0 Å². The first kappa shape index (κ1) is 15.5. The molecule has 19 heavy (non-hydrogen) atoms. The van der Waals surface area contributed by atoms with Gasteiger partial charge in [-0.3, -0.25) is 9.89 Å². The van der Waals surface area contributed by atoms with Gasteiger partial charge < -0.3 is 16.2 Å². The van der Waals surface area contributed by atoms with Crippen LogP contribution >= 0.6 is 0 Å². The summed E-state index contributed by atoms with van der Waals surface area (Å²) >= 11 is 0. The second-order valence-corrected chi connectivity index (χ2v) is 5.49. The van der Waals surface area contributed by atoms with Crippen molar-refractivity contribution in [3.63, 3.8) is 0 Å². The summed E-state index contributed by atoms with van der Waals surface area (Å²) in [6.07, 6.45) is 2.29. The molecule has 0 unspecified atom stereocenters. The summed E-state index contributed by atoms with van der Waals surface area (Å²) in [5.41, 5.74) is 7.25. The molecule has 1 rings (SSSR count). The Morgan fingerprint density at radius 1 is 1.53 bits per heavy atom. The van der Waals surface area contributed by atoms with Crippen LogP contribution in [-0.2, 0) is 6.42 Å². The number of amides is 1. The van der Waals surface area contributed by atoms with Crippen molar-refractivity contribution in [2.75, 3.05) is 18.9 Å². The number of nitrogens with two attached hydrogens (primary N) is 1. The summed E-state index contributed by atoms with van der Waals surface area (Å²) in [4.78, 5) is 12.0. The van der Waals surface area contributed by atoms with Gasteiger partial charge in [0.1, 0.15) is 0 Å². The van der Waals surface area contributed by atoms with Crippen LogP contribution in [0.25, 0.3) is 0 Å². The first-order valence-corrected chi connectivity index (χ1v) is 6.63. The number of H-pyrrole nitrogens is 1. The van der Waals surface area contributed by atoms with Gasteiger partial charge >= 0.3 is 0 Å². The summed E-state index contributed by atoms with van der Waals surface area (Å²) < 4.78 is 0. The number of aliphatic hydroxyl groups is 1. The van der Waals surface area contributed by atoms with Crippen molar-refractivity contribution >= 4 is 11.6 Å². The van der Waals surface area contributed by atoms with Crippen LogP contribution in [-0.4, -0.2) is 34.4 Å². The zero-order valence-electron chi connectivity index (χ0n) is 11.9. The standard InChI is InChI=1S/C13H24N4O2/c1-4-9-10(14)11(17-16-9)12(19)15-8-13(2,3)6-5-7-18/h18H,4-8,14H2,1-3H3,(H,15,19)(H,16,17). The molecule has 0 bridgehead atoms. The second kappa shape index (κ2) is 6.56. The van der Waals surface area contributed by atoms with Gasteiger partial charge in [-0.1, -0.05) is 20.8 Å². The number of nitrogen functional groups attached to an aromatic ring is 1. The number of aromatic nitrogens is 2. The van der Waals surface area contributed by atoms with Gasteiger partial charge in [0.25, 0.3) is 5.91 Å². The van der Waals surface area contributed by atoms with Crippen LogP contribution in [0, 0.1) is 5.41 Å². The quantitative estimate of drug-likeness (QED) is 0.594. The first-order chi connectivity index (χ1) is 8.91. The van der Waals surface area contributed by atoms with E-state index in [1.165, 1.54) is 0 Å². The van der Waals surface area contributed by atoms with E-state index in [1.807, 2.05) is 20.8 Å². The molecule has 6 nitrogen and oxygen atoms in total. The summed E-state index contributed by atoms with van der Waals surface area (Å²) in [6, 6.07) is 0. The molecule has 0 spiro atoms. The number of nitrogens with one attached hydrogen (secondary N) is 2. The Balaban J connectivity index is 2.57. The highest BCUT2D eigenvalue weighted by atomic mass is 16.2. The molecule has 6 heteroatoms. The molecule has 5 N–H and O–H groups in total. The van der Waals surface area contributed by atoms with E-state index in [9.17, 15) is 4.79 Å². The van der Waals surface area contributed by atoms with Crippen molar-refractivity contribution in [2.45, 2.75) is 40.0 Å². The molecule has 0 saturated carbocycles. The zero-order chi connectivity index (χ0) is 14.5. The summed E-state index contributed by atoms with van der Waals surface area (Å²) in [6.45, 7) is 6.75. The second-order valence-electron chi connectivity index (χ2n) is 5.49. The lowest BCUT2D eigenvalue weighted by atomic mass is 9.88. The van der Waals surface area contributed by atoms with Crippen molar-refractivity contribution in [1.29, 1.82) is 0 Å². The molecule has 0 aromatic carbocycles. The molecule has 0 saturated heterocycles. The predicted molar refractivity (Wildman–Crippen MR) is 74.8 cm³/mol. The molecule has 108 valence electrons. The van der Waals surface area contributed by atoms with Gasteiger partial charge in [-0.15, -0.1) is 0 Å². The third-order valence-corrected chi connectivity index (χ3v) is 3.19. The maximum absolute atomic E-state index is 12.0. The molecule has 1 aromatic heterocycles. The molecule has 0 fully saturated rings. The minimum absolute atomic E-state index is 0.0585. The number of carbonyl (C=O) groups is 1. The summed E-state index contributed by atoms with van der Waals surface area (Å²) in [5, 5.41) is 18.4. The number of hydrogen-bond donors (Lipinski definition) is 4. The van der Waals surface area contributed by atoms with Gasteiger partial charge in [0.2, 0.25) is 0 Å². The van der Waals surface area contributed by atoms with E-state index >= 15 is 0 Å². The molecule has 1 aromatic rings. The Hall–Kier alpha value is -1.56. The molecule has 1 heterocycles. The van der Waals surface area contributed by atoms with E-state index in [0.29, 0.717) is 18.7 Å². The molecule has 0 aliphatic rings. The van der Waals surface area contributed by atoms with Gasteiger partial charge in [-0.25, -0.2) is 0 Å². The van der Waals surface area contributed by atoms with E-state index < -0.39 is 0 Å². The topological polar surface area (TPSA) is 104 Å². The van der Waals surface area contributed by atoms with Gasteiger partial charge in [0.15, 0.2) is 5.69 Å². The first-order valence-electron chi connectivity index (χ1n) is 6.63. The average molecular weight is 268 g/mol. The third kappa shape index (κ3) is 4.24. The minimum atomic E-state index is -0.259. The van der Waals surface area contributed by atoms with Crippen molar-refractivity contribution < 1.29 is 9.90 Å². The van der Waals surface area contributed by atoms with Crippen molar-refractivity contribution in [1.82, 2.24) is 15.5 Å². The maximum atomic E-state index is 12.0. The minimum Gasteiger partial charge on any atom is -0.396 e. The summed E-state index contributed by atoms with van der Waals surface area (Å²) in [7, 11) is 0. The molecule has 0 aliphatic heterocycles. The van der Waals surface area contributed by atoms with Crippen LogP contribution in [0.4, 0.5) is 5.69 Å². The molecule has 0 aliphatic carbocycles. The van der Waals surface area contributed by atoms with Crippen molar-refractivity contribution in [3.8, 4) is 0 Å². The fourth-order valence-corrected chi connectivity index (χ4v) is 1.88. The Kier molecular flexibility index (Phi) is 5.35. The van der Waals surface area contributed by atoms with Crippen LogP contribution in [0.1, 0.15) is 49.8 Å². The highest BCUT2D eigenvalue weighted by Gasteiger charge is 2.21. The lowest BCUT2D eigenvalue weighted by molar-refractivity contribution is 0.0929. The van der Waals surface area contributed by atoms with Gasteiger partial charge in [0.05, 0.1) is 11.4 Å². The van der Waals surface area contributed by atoms with Crippen LogP contribution < -0.4 is 11.1 Å². The smallest absolute Gasteiger partial charge is 0.273 e. The Bertz CT molecular complexity index is 426. The maximum Gasteiger partial charge on any atom is 0.273 e. The Labute approximate surface area is 113 Å². The van der Waals surface area contributed by atoms with Crippen molar-refractivity contribution in [2.24, 2.45) is 5.41 Å². The molecule has 0 atom stereocenters. The SMILES string of the molecule is CCc1[nH]nc(C(=O)NCC(C)(C)CCCO)c1N. The Morgan fingerprint density at radius 3 is 2.74 bits per heavy atom. The van der Waals surface area contributed by atoms with E-state index in [1.54, 1.807) is 0 Å². The zero-order valence-corrected chi connectivity index (χ0v) is 11.9. The lowest BCUT2D eigenvalue weighted by Gasteiger charge is -2.24. The number of aryl methyl sites for hydroxylation is 1. The van der Waals surface area contributed by atoms with Gasteiger partial charge in [0, 0.05) is 13.2 Å². The molecule has 1 amide bonds. The van der Waals surface area contributed by atoms with E-state index in [-0.39, 0.29) is 23.6 Å². The number of hydrogen-bond acceptors (Lipinski definition) is 4. The largest absolute Gasteiger partial charge is 0.396 e.